The van der Waals surface area contributed by atoms with Crippen molar-refractivity contribution in [2.75, 3.05) is 19.8 Å². The molecule has 19 heavy (non-hydrogen) atoms. The molecule has 1 fully saturated rings. The van der Waals surface area contributed by atoms with Crippen molar-refractivity contribution in [3.05, 3.63) is 35.4 Å². The van der Waals surface area contributed by atoms with E-state index in [1.54, 1.807) is 0 Å². The van der Waals surface area contributed by atoms with Gasteiger partial charge in [-0.3, -0.25) is 0 Å². The SMILES string of the molecule is CCCNC(CC1CCOC1)c1cc(F)ccc1F. The molecule has 0 aromatic heterocycles. The molecule has 1 aliphatic rings. The van der Waals surface area contributed by atoms with E-state index in [2.05, 4.69) is 12.2 Å². The zero-order chi connectivity index (χ0) is 13.7. The minimum absolute atomic E-state index is 0.137. The molecular weight excluding hydrogens is 248 g/mol. The summed E-state index contributed by atoms with van der Waals surface area (Å²) in [4.78, 5) is 0. The first-order valence-corrected chi connectivity index (χ1v) is 6.96. The maximum atomic E-state index is 13.9. The lowest BCUT2D eigenvalue weighted by molar-refractivity contribution is 0.181. The summed E-state index contributed by atoms with van der Waals surface area (Å²) in [7, 11) is 0. The molecule has 106 valence electrons. The Morgan fingerprint density at radius 2 is 2.26 bits per heavy atom. The first kappa shape index (κ1) is 14.4. The van der Waals surface area contributed by atoms with Crippen LogP contribution in [-0.2, 0) is 4.74 Å². The number of hydrogen-bond donors (Lipinski definition) is 1. The minimum atomic E-state index is -0.387. The van der Waals surface area contributed by atoms with Crippen molar-refractivity contribution in [2.24, 2.45) is 5.92 Å². The smallest absolute Gasteiger partial charge is 0.128 e. The van der Waals surface area contributed by atoms with Crippen LogP contribution in [0.25, 0.3) is 0 Å². The molecule has 1 N–H and O–H groups in total. The molecule has 0 saturated carbocycles. The second-order valence-corrected chi connectivity index (χ2v) is 5.14. The van der Waals surface area contributed by atoms with E-state index in [4.69, 9.17) is 4.74 Å². The molecule has 0 bridgehead atoms. The molecule has 0 spiro atoms. The van der Waals surface area contributed by atoms with Crippen LogP contribution in [0.15, 0.2) is 18.2 Å². The van der Waals surface area contributed by atoms with E-state index in [1.807, 2.05) is 0 Å². The summed E-state index contributed by atoms with van der Waals surface area (Å²) >= 11 is 0. The van der Waals surface area contributed by atoms with E-state index in [-0.39, 0.29) is 17.7 Å². The van der Waals surface area contributed by atoms with Gasteiger partial charge in [0.15, 0.2) is 0 Å². The molecule has 2 atom stereocenters. The summed E-state index contributed by atoms with van der Waals surface area (Å²) in [5.41, 5.74) is 0.431. The lowest BCUT2D eigenvalue weighted by atomic mass is 9.93. The Balaban J connectivity index is 2.12. The van der Waals surface area contributed by atoms with Crippen LogP contribution < -0.4 is 5.32 Å². The lowest BCUT2D eigenvalue weighted by Gasteiger charge is -2.22. The summed E-state index contributed by atoms with van der Waals surface area (Å²) in [6.45, 7) is 4.36. The average Bonchev–Trinajstić information content (AvgIpc) is 2.90. The van der Waals surface area contributed by atoms with Gasteiger partial charge in [0, 0.05) is 24.8 Å². The largest absolute Gasteiger partial charge is 0.381 e. The Hall–Kier alpha value is -1.00. The van der Waals surface area contributed by atoms with E-state index >= 15 is 0 Å². The van der Waals surface area contributed by atoms with E-state index in [9.17, 15) is 8.78 Å². The fourth-order valence-corrected chi connectivity index (χ4v) is 2.52. The number of rotatable bonds is 6. The van der Waals surface area contributed by atoms with Gasteiger partial charge in [-0.25, -0.2) is 8.78 Å². The van der Waals surface area contributed by atoms with Crippen molar-refractivity contribution in [1.29, 1.82) is 0 Å². The molecule has 1 aliphatic heterocycles. The minimum Gasteiger partial charge on any atom is -0.381 e. The summed E-state index contributed by atoms with van der Waals surface area (Å²) in [6, 6.07) is 3.53. The molecule has 0 aliphatic carbocycles. The molecule has 0 radical (unpaired) electrons. The van der Waals surface area contributed by atoms with Crippen molar-refractivity contribution < 1.29 is 13.5 Å². The second-order valence-electron chi connectivity index (χ2n) is 5.14. The topological polar surface area (TPSA) is 21.3 Å². The molecule has 2 rings (SSSR count). The molecule has 1 heterocycles. The van der Waals surface area contributed by atoms with Crippen LogP contribution >= 0.6 is 0 Å². The molecule has 0 amide bonds. The van der Waals surface area contributed by atoms with Crippen molar-refractivity contribution in [3.63, 3.8) is 0 Å². The van der Waals surface area contributed by atoms with Crippen LogP contribution in [0.2, 0.25) is 0 Å². The number of ether oxygens (including phenoxy) is 1. The maximum Gasteiger partial charge on any atom is 0.128 e. The van der Waals surface area contributed by atoms with Gasteiger partial charge in [0.05, 0.1) is 0 Å². The van der Waals surface area contributed by atoms with Crippen molar-refractivity contribution in [2.45, 2.75) is 32.2 Å². The van der Waals surface area contributed by atoms with Crippen LogP contribution in [0.1, 0.15) is 37.8 Å². The Labute approximate surface area is 113 Å². The Kier molecular flexibility index (Phi) is 5.28. The highest BCUT2D eigenvalue weighted by Crippen LogP contribution is 2.28. The van der Waals surface area contributed by atoms with Gasteiger partial charge in [-0.15, -0.1) is 0 Å². The Bertz CT molecular complexity index is 405. The van der Waals surface area contributed by atoms with Crippen LogP contribution in [0.4, 0.5) is 8.78 Å². The normalized spacial score (nSPS) is 20.7. The van der Waals surface area contributed by atoms with Crippen molar-refractivity contribution in [1.82, 2.24) is 5.32 Å². The second kappa shape index (κ2) is 6.96. The van der Waals surface area contributed by atoms with Gasteiger partial charge in [0.2, 0.25) is 0 Å². The molecule has 1 aromatic rings. The fraction of sp³-hybridized carbons (Fsp3) is 0.600. The summed E-state index contributed by atoms with van der Waals surface area (Å²) in [5.74, 6) is -0.298. The third-order valence-electron chi connectivity index (χ3n) is 3.57. The van der Waals surface area contributed by atoms with Gasteiger partial charge in [-0.05, 0) is 49.9 Å². The highest BCUT2D eigenvalue weighted by atomic mass is 19.1. The van der Waals surface area contributed by atoms with E-state index in [0.717, 1.165) is 45.1 Å². The van der Waals surface area contributed by atoms with Crippen LogP contribution in [-0.4, -0.2) is 19.8 Å². The molecule has 4 heteroatoms. The summed E-state index contributed by atoms with van der Waals surface area (Å²) in [6.07, 6.45) is 2.76. The third-order valence-corrected chi connectivity index (χ3v) is 3.57. The van der Waals surface area contributed by atoms with E-state index in [1.165, 1.54) is 12.1 Å². The zero-order valence-corrected chi connectivity index (χ0v) is 11.3. The van der Waals surface area contributed by atoms with Gasteiger partial charge in [0.1, 0.15) is 11.6 Å². The predicted molar refractivity (Wildman–Crippen MR) is 70.9 cm³/mol. The van der Waals surface area contributed by atoms with Crippen molar-refractivity contribution in [3.8, 4) is 0 Å². The highest BCUT2D eigenvalue weighted by molar-refractivity contribution is 5.22. The highest BCUT2D eigenvalue weighted by Gasteiger charge is 2.23. The third kappa shape index (κ3) is 3.98. The lowest BCUT2D eigenvalue weighted by Crippen LogP contribution is -2.25. The van der Waals surface area contributed by atoms with Crippen LogP contribution in [0.3, 0.4) is 0 Å². The number of halogens is 2. The Morgan fingerprint density at radius 3 is 2.95 bits per heavy atom. The molecule has 2 nitrogen and oxygen atoms in total. The van der Waals surface area contributed by atoms with Crippen LogP contribution in [0.5, 0.6) is 0 Å². The predicted octanol–water partition coefficient (Wildman–Crippen LogP) is 3.43. The quantitative estimate of drug-likeness (QED) is 0.854. The van der Waals surface area contributed by atoms with E-state index in [0.29, 0.717) is 11.5 Å². The van der Waals surface area contributed by atoms with E-state index < -0.39 is 0 Å². The van der Waals surface area contributed by atoms with Crippen LogP contribution in [0, 0.1) is 17.6 Å². The summed E-state index contributed by atoms with van der Waals surface area (Å²) in [5, 5.41) is 3.32. The molecule has 1 saturated heterocycles. The zero-order valence-electron chi connectivity index (χ0n) is 11.3. The number of benzene rings is 1. The fourth-order valence-electron chi connectivity index (χ4n) is 2.52. The molecular formula is C15H21F2NO. The van der Waals surface area contributed by atoms with Crippen molar-refractivity contribution >= 4 is 0 Å². The first-order chi connectivity index (χ1) is 9.20. The molecule has 2 unspecified atom stereocenters. The van der Waals surface area contributed by atoms with Gasteiger partial charge in [-0.2, -0.15) is 0 Å². The van der Waals surface area contributed by atoms with Gasteiger partial charge < -0.3 is 10.1 Å². The maximum absolute atomic E-state index is 13.9. The standard InChI is InChI=1S/C15H21F2NO/c1-2-6-18-15(8-11-5-7-19-10-11)13-9-12(16)3-4-14(13)17/h3-4,9,11,15,18H,2,5-8,10H2,1H3. The number of hydrogen-bond acceptors (Lipinski definition) is 2. The Morgan fingerprint density at radius 1 is 1.42 bits per heavy atom. The monoisotopic (exact) mass is 269 g/mol. The summed E-state index contributed by atoms with van der Waals surface area (Å²) < 4.78 is 32.6. The van der Waals surface area contributed by atoms with Gasteiger partial charge in [0.25, 0.3) is 0 Å². The molecule has 1 aromatic carbocycles. The van der Waals surface area contributed by atoms with Gasteiger partial charge in [-0.1, -0.05) is 6.92 Å². The number of nitrogens with one attached hydrogen (secondary N) is 1. The van der Waals surface area contributed by atoms with Gasteiger partial charge >= 0.3 is 0 Å². The first-order valence-electron chi connectivity index (χ1n) is 6.96. The average molecular weight is 269 g/mol.